The first-order chi connectivity index (χ1) is 11.3. The number of Topliss-reactive ketones (excluding diaryl/α,β-unsaturated/α-hetero) is 1. The Bertz CT molecular complexity index is 738. The third-order valence-corrected chi connectivity index (χ3v) is 4.19. The van der Waals surface area contributed by atoms with Crippen LogP contribution in [0, 0.1) is 12.8 Å². The third-order valence-electron chi connectivity index (χ3n) is 3.84. The number of aromatic hydroxyl groups is 1. The number of aliphatic carboxylic acids is 1. The third kappa shape index (κ3) is 5.10. The quantitative estimate of drug-likeness (QED) is 0.799. The minimum atomic E-state index is -1.01. The van der Waals surface area contributed by atoms with Gasteiger partial charge in [-0.25, -0.2) is 0 Å². The van der Waals surface area contributed by atoms with Gasteiger partial charge >= 0.3 is 5.97 Å². The maximum absolute atomic E-state index is 12.2. The zero-order chi connectivity index (χ0) is 17.7. The monoisotopic (exact) mass is 346 g/mol. The summed E-state index contributed by atoms with van der Waals surface area (Å²) in [6.45, 7) is 1.91. The fourth-order valence-electron chi connectivity index (χ4n) is 2.52. The average Bonchev–Trinajstić information content (AvgIpc) is 2.51. The van der Waals surface area contributed by atoms with Gasteiger partial charge in [0.25, 0.3) is 0 Å². The van der Waals surface area contributed by atoms with E-state index in [1.54, 1.807) is 24.3 Å². The summed E-state index contributed by atoms with van der Waals surface area (Å²) in [6, 6.07) is 11.8. The van der Waals surface area contributed by atoms with Gasteiger partial charge < -0.3 is 10.2 Å². The van der Waals surface area contributed by atoms with Crippen LogP contribution in [0.1, 0.15) is 23.1 Å². The number of carbonyl (C=O) groups excluding carboxylic acids is 1. The van der Waals surface area contributed by atoms with Gasteiger partial charge in [0, 0.05) is 17.9 Å². The van der Waals surface area contributed by atoms with Gasteiger partial charge in [-0.2, -0.15) is 0 Å². The molecule has 2 aromatic carbocycles. The van der Waals surface area contributed by atoms with Crippen LogP contribution in [-0.4, -0.2) is 22.0 Å². The number of phenols is 1. The molecule has 1 atom stereocenters. The summed E-state index contributed by atoms with van der Waals surface area (Å²) >= 11 is 6.13. The molecule has 0 radical (unpaired) electrons. The van der Waals surface area contributed by atoms with Gasteiger partial charge in [0.2, 0.25) is 0 Å². The van der Waals surface area contributed by atoms with E-state index >= 15 is 0 Å². The maximum Gasteiger partial charge on any atom is 0.307 e. The topological polar surface area (TPSA) is 74.6 Å². The second-order valence-corrected chi connectivity index (χ2v) is 6.33. The minimum absolute atomic E-state index is 0.0551. The second-order valence-electron chi connectivity index (χ2n) is 5.92. The predicted octanol–water partition coefficient (Wildman–Crippen LogP) is 3.80. The van der Waals surface area contributed by atoms with Crippen molar-refractivity contribution in [3.8, 4) is 5.75 Å². The van der Waals surface area contributed by atoms with Crippen molar-refractivity contribution in [2.75, 3.05) is 0 Å². The Morgan fingerprint density at radius 1 is 1.12 bits per heavy atom. The normalized spacial score (nSPS) is 11.9. The maximum atomic E-state index is 12.2. The summed E-state index contributed by atoms with van der Waals surface area (Å²) < 4.78 is 0. The van der Waals surface area contributed by atoms with Gasteiger partial charge in [0.1, 0.15) is 11.5 Å². The molecule has 0 heterocycles. The van der Waals surface area contributed by atoms with Gasteiger partial charge in [-0.3, -0.25) is 9.59 Å². The standard InChI is InChI=1S/C19H19ClO4/c1-12-2-5-14(18(20)8-12)10-17(22)11-15(19(23)24)9-13-3-6-16(21)7-4-13/h2-8,15,21H,9-11H2,1H3,(H,23,24). The molecule has 1 unspecified atom stereocenters. The number of benzene rings is 2. The molecule has 0 aromatic heterocycles. The fourth-order valence-corrected chi connectivity index (χ4v) is 2.82. The first-order valence-electron chi connectivity index (χ1n) is 7.62. The summed E-state index contributed by atoms with van der Waals surface area (Å²) in [5.41, 5.74) is 2.48. The number of aryl methyl sites for hydroxylation is 1. The van der Waals surface area contributed by atoms with E-state index in [4.69, 9.17) is 11.6 Å². The molecule has 0 aliphatic carbocycles. The Kier molecular flexibility index (Phi) is 5.99. The Labute approximate surface area is 145 Å². The second kappa shape index (κ2) is 7.97. The van der Waals surface area contributed by atoms with Gasteiger partial charge in [-0.15, -0.1) is 0 Å². The summed E-state index contributed by atoms with van der Waals surface area (Å²) in [7, 11) is 0. The van der Waals surface area contributed by atoms with Crippen molar-refractivity contribution < 1.29 is 19.8 Å². The van der Waals surface area contributed by atoms with E-state index in [0.29, 0.717) is 10.6 Å². The van der Waals surface area contributed by atoms with Crippen molar-refractivity contribution >= 4 is 23.4 Å². The molecule has 0 bridgehead atoms. The Morgan fingerprint density at radius 3 is 2.38 bits per heavy atom. The predicted molar refractivity (Wildman–Crippen MR) is 92.5 cm³/mol. The Morgan fingerprint density at radius 2 is 1.79 bits per heavy atom. The molecule has 24 heavy (non-hydrogen) atoms. The molecule has 0 aliphatic rings. The molecular formula is C19H19ClO4. The largest absolute Gasteiger partial charge is 0.508 e. The van der Waals surface area contributed by atoms with E-state index < -0.39 is 11.9 Å². The van der Waals surface area contributed by atoms with Crippen LogP contribution in [0.5, 0.6) is 5.75 Å². The molecule has 4 nitrogen and oxygen atoms in total. The van der Waals surface area contributed by atoms with Gasteiger partial charge in [0.15, 0.2) is 0 Å². The van der Waals surface area contributed by atoms with E-state index in [0.717, 1.165) is 11.1 Å². The van der Waals surface area contributed by atoms with Crippen LogP contribution in [-0.2, 0) is 22.4 Å². The van der Waals surface area contributed by atoms with Crippen LogP contribution in [0.4, 0.5) is 0 Å². The number of halogens is 1. The molecule has 5 heteroatoms. The number of rotatable bonds is 7. The Balaban J connectivity index is 2.02. The highest BCUT2D eigenvalue weighted by Gasteiger charge is 2.22. The molecule has 0 aliphatic heterocycles. The highest BCUT2D eigenvalue weighted by Crippen LogP contribution is 2.21. The molecule has 126 valence electrons. The molecule has 2 N–H and O–H groups in total. The van der Waals surface area contributed by atoms with Crippen LogP contribution in [0.25, 0.3) is 0 Å². The summed E-state index contributed by atoms with van der Waals surface area (Å²) in [5, 5.41) is 19.2. The smallest absolute Gasteiger partial charge is 0.307 e. The lowest BCUT2D eigenvalue weighted by Crippen LogP contribution is -2.21. The number of carboxylic acids is 1. The van der Waals surface area contributed by atoms with E-state index in [-0.39, 0.29) is 30.8 Å². The van der Waals surface area contributed by atoms with E-state index in [1.807, 2.05) is 13.0 Å². The Hall–Kier alpha value is -2.33. The van der Waals surface area contributed by atoms with E-state index in [9.17, 15) is 19.8 Å². The zero-order valence-electron chi connectivity index (χ0n) is 13.3. The van der Waals surface area contributed by atoms with Gasteiger partial charge in [-0.1, -0.05) is 35.9 Å². The minimum Gasteiger partial charge on any atom is -0.508 e. The van der Waals surface area contributed by atoms with Crippen LogP contribution in [0.2, 0.25) is 5.02 Å². The summed E-state index contributed by atoms with van der Waals surface area (Å²) in [4.78, 5) is 23.7. The fraction of sp³-hybridized carbons (Fsp3) is 0.263. The van der Waals surface area contributed by atoms with Gasteiger partial charge in [-0.05, 0) is 48.2 Å². The molecule has 0 amide bonds. The number of carbonyl (C=O) groups is 2. The SMILES string of the molecule is Cc1ccc(CC(=O)CC(Cc2ccc(O)cc2)C(=O)O)c(Cl)c1. The van der Waals surface area contributed by atoms with Crippen molar-refractivity contribution in [2.24, 2.45) is 5.92 Å². The van der Waals surface area contributed by atoms with Gasteiger partial charge in [0.05, 0.1) is 5.92 Å². The van der Waals surface area contributed by atoms with Crippen LogP contribution in [0.3, 0.4) is 0 Å². The first-order valence-corrected chi connectivity index (χ1v) is 8.00. The van der Waals surface area contributed by atoms with Crippen LogP contribution < -0.4 is 0 Å². The average molecular weight is 347 g/mol. The lowest BCUT2D eigenvalue weighted by molar-refractivity contribution is -0.143. The molecule has 0 fully saturated rings. The van der Waals surface area contributed by atoms with Crippen LogP contribution >= 0.6 is 11.6 Å². The molecule has 0 saturated carbocycles. The molecule has 0 spiro atoms. The number of hydrogen-bond donors (Lipinski definition) is 2. The molecule has 2 rings (SSSR count). The highest BCUT2D eigenvalue weighted by molar-refractivity contribution is 6.31. The number of hydrogen-bond acceptors (Lipinski definition) is 3. The summed E-state index contributed by atoms with van der Waals surface area (Å²) in [6.07, 6.45) is 0.307. The zero-order valence-corrected chi connectivity index (χ0v) is 14.1. The van der Waals surface area contributed by atoms with Crippen molar-refractivity contribution in [3.63, 3.8) is 0 Å². The molecular weight excluding hydrogens is 328 g/mol. The first kappa shape index (κ1) is 18.0. The highest BCUT2D eigenvalue weighted by atomic mass is 35.5. The summed E-state index contributed by atoms with van der Waals surface area (Å²) in [5.74, 6) is -1.85. The van der Waals surface area contributed by atoms with Crippen LogP contribution in [0.15, 0.2) is 42.5 Å². The van der Waals surface area contributed by atoms with Crippen molar-refractivity contribution in [2.45, 2.75) is 26.2 Å². The lowest BCUT2D eigenvalue weighted by Gasteiger charge is -2.12. The van der Waals surface area contributed by atoms with Crippen molar-refractivity contribution in [1.82, 2.24) is 0 Å². The van der Waals surface area contributed by atoms with Crippen molar-refractivity contribution in [1.29, 1.82) is 0 Å². The number of phenolic OH excluding ortho intramolecular Hbond substituents is 1. The molecule has 0 saturated heterocycles. The molecule has 2 aromatic rings. The number of carboxylic acid groups (broad SMARTS) is 1. The number of ketones is 1. The van der Waals surface area contributed by atoms with E-state index in [2.05, 4.69) is 0 Å². The van der Waals surface area contributed by atoms with E-state index in [1.165, 1.54) is 12.1 Å². The van der Waals surface area contributed by atoms with Crippen molar-refractivity contribution in [3.05, 3.63) is 64.2 Å². The lowest BCUT2D eigenvalue weighted by atomic mass is 9.92.